The fourth-order valence-electron chi connectivity index (χ4n) is 3.31. The zero-order chi connectivity index (χ0) is 16.5. The van der Waals surface area contributed by atoms with Crippen molar-refractivity contribution < 1.29 is 58.9 Å². The zero-order valence-electron chi connectivity index (χ0n) is 16.2. The van der Waals surface area contributed by atoms with Gasteiger partial charge >= 0.3 is 21.7 Å². The van der Waals surface area contributed by atoms with Crippen LogP contribution in [0.25, 0.3) is 0 Å². The Labute approximate surface area is 199 Å². The molecule has 5 heteroatoms. The minimum absolute atomic E-state index is 0. The normalized spacial score (nSPS) is 13.0. The quantitative estimate of drug-likeness (QED) is 0.328. The maximum Gasteiger partial charge on any atom is 4.00 e. The van der Waals surface area contributed by atoms with Crippen LogP contribution in [0.2, 0.25) is 19.6 Å². The average Bonchev–Trinajstić information content (AvgIpc) is 3.06. The minimum atomic E-state index is -1.29. The summed E-state index contributed by atoms with van der Waals surface area (Å²) in [5, 5.41) is 1.53. The van der Waals surface area contributed by atoms with Crippen LogP contribution in [0.15, 0.2) is 77.5 Å². The fourth-order valence-corrected chi connectivity index (χ4v) is 4.54. The van der Waals surface area contributed by atoms with Gasteiger partial charge in [-0.15, -0.1) is 6.42 Å². The van der Waals surface area contributed by atoms with E-state index < -0.39 is 8.07 Å². The molecule has 3 rings (SSSR count). The summed E-state index contributed by atoms with van der Waals surface area (Å²) >= 11 is 0. The van der Waals surface area contributed by atoms with Crippen molar-refractivity contribution in [3.05, 3.63) is 94.7 Å². The standard InChI is InChI=1S/C22H25Si.3ClH.Ti/c1-22(18-11-7-5-8-12-18,19-13-9-6-10-14-19)20-15-16-21(17-20)23(2,3)4;;;;/h5-15H,16H2,1-4H3;3*1H;/q-1;;;;+4/p-3. The van der Waals surface area contributed by atoms with Gasteiger partial charge in [0.2, 0.25) is 0 Å². The zero-order valence-corrected chi connectivity index (χ0v) is 21.0. The Bertz CT molecular complexity index is 711. The molecule has 0 unspecified atom stereocenters. The van der Waals surface area contributed by atoms with Crippen LogP contribution < -0.4 is 37.2 Å². The summed E-state index contributed by atoms with van der Waals surface area (Å²) in [5.41, 5.74) is 3.86. The second kappa shape index (κ2) is 11.7. The Hall–Kier alpha value is -0.279. The molecule has 142 valence electrons. The first-order valence-corrected chi connectivity index (χ1v) is 11.9. The van der Waals surface area contributed by atoms with E-state index in [1.54, 1.807) is 0 Å². The van der Waals surface area contributed by atoms with Gasteiger partial charge in [0.05, 0.1) is 8.07 Å². The van der Waals surface area contributed by atoms with Crippen molar-refractivity contribution in [1.82, 2.24) is 0 Å². The summed E-state index contributed by atoms with van der Waals surface area (Å²) in [7, 11) is -1.29. The average molecular weight is 472 g/mol. The van der Waals surface area contributed by atoms with Crippen molar-refractivity contribution in [1.29, 1.82) is 0 Å². The monoisotopic (exact) mass is 470 g/mol. The molecule has 0 spiro atoms. The van der Waals surface area contributed by atoms with Crippen LogP contribution in [0.5, 0.6) is 0 Å². The first-order valence-electron chi connectivity index (χ1n) is 8.37. The van der Waals surface area contributed by atoms with Gasteiger partial charge in [0.15, 0.2) is 0 Å². The van der Waals surface area contributed by atoms with Crippen molar-refractivity contribution in [2.75, 3.05) is 0 Å². The van der Waals surface area contributed by atoms with Crippen LogP contribution >= 0.6 is 0 Å². The molecule has 1 aliphatic carbocycles. The molecule has 2 aromatic rings. The van der Waals surface area contributed by atoms with E-state index in [-0.39, 0.29) is 64.4 Å². The van der Waals surface area contributed by atoms with E-state index in [9.17, 15) is 0 Å². The van der Waals surface area contributed by atoms with E-state index in [1.165, 1.54) is 21.9 Å². The van der Waals surface area contributed by atoms with Gasteiger partial charge in [-0.25, -0.2) is 11.6 Å². The Morgan fingerprint density at radius 2 is 1.19 bits per heavy atom. The van der Waals surface area contributed by atoms with Crippen LogP contribution in [-0.4, -0.2) is 8.07 Å². The first-order chi connectivity index (χ1) is 10.9. The summed E-state index contributed by atoms with van der Waals surface area (Å²) in [6, 6.07) is 21.7. The number of hydrogen-bond donors (Lipinski definition) is 0. The summed E-state index contributed by atoms with van der Waals surface area (Å²) in [6.45, 7) is 9.57. The van der Waals surface area contributed by atoms with Gasteiger partial charge < -0.3 is 37.2 Å². The van der Waals surface area contributed by atoms with E-state index in [2.05, 4.69) is 99.4 Å². The molecule has 1 aliphatic rings. The van der Waals surface area contributed by atoms with E-state index in [0.29, 0.717) is 0 Å². The van der Waals surface area contributed by atoms with E-state index in [1.807, 2.05) is 0 Å². The van der Waals surface area contributed by atoms with Crippen molar-refractivity contribution >= 4 is 8.07 Å². The van der Waals surface area contributed by atoms with E-state index >= 15 is 0 Å². The minimum Gasteiger partial charge on any atom is -1.00 e. The van der Waals surface area contributed by atoms with E-state index in [4.69, 9.17) is 0 Å². The number of rotatable bonds is 4. The molecule has 0 bridgehead atoms. The molecule has 0 saturated heterocycles. The fraction of sp³-hybridized carbons (Fsp3) is 0.273. The van der Waals surface area contributed by atoms with Gasteiger partial charge in [-0.1, -0.05) is 87.2 Å². The smallest absolute Gasteiger partial charge is 1.00 e. The van der Waals surface area contributed by atoms with Crippen LogP contribution in [-0.2, 0) is 27.1 Å². The third-order valence-corrected chi connectivity index (χ3v) is 7.08. The SMILES string of the molecule is CC(C1=CCC([Si](C)(C)C)=[C-]1)(c1ccccc1)c1ccccc1.[Cl-].[Cl-].[Cl-].[Ti+4]. The van der Waals surface area contributed by atoms with Gasteiger partial charge in [-0.05, 0) is 11.1 Å². The molecule has 0 N–H and O–H groups in total. The number of hydrogen-bond acceptors (Lipinski definition) is 0. The van der Waals surface area contributed by atoms with Crippen molar-refractivity contribution in [3.63, 3.8) is 0 Å². The second-order valence-electron chi connectivity index (χ2n) is 7.53. The Morgan fingerprint density at radius 1 is 0.778 bits per heavy atom. The summed E-state index contributed by atoms with van der Waals surface area (Å²) < 4.78 is 0. The molecule has 2 aromatic carbocycles. The largest absolute Gasteiger partial charge is 4.00 e. The predicted octanol–water partition coefficient (Wildman–Crippen LogP) is -3.06. The van der Waals surface area contributed by atoms with Crippen LogP contribution in [0.1, 0.15) is 24.5 Å². The van der Waals surface area contributed by atoms with E-state index in [0.717, 1.165) is 6.42 Å². The maximum absolute atomic E-state index is 3.81. The van der Waals surface area contributed by atoms with Crippen LogP contribution in [0, 0.1) is 6.08 Å². The third-order valence-electron chi connectivity index (χ3n) is 4.94. The third kappa shape index (κ3) is 6.10. The molecule has 0 nitrogen and oxygen atoms in total. The molecular weight excluding hydrogens is 447 g/mol. The topological polar surface area (TPSA) is 0 Å². The predicted molar refractivity (Wildman–Crippen MR) is 102 cm³/mol. The van der Waals surface area contributed by atoms with Crippen LogP contribution in [0.3, 0.4) is 0 Å². The summed E-state index contributed by atoms with van der Waals surface area (Å²) in [4.78, 5) is 0. The summed E-state index contributed by atoms with van der Waals surface area (Å²) in [6.07, 6.45) is 7.27. The molecule has 0 saturated carbocycles. The number of allylic oxidation sites excluding steroid dienone is 4. The molecule has 0 heterocycles. The number of halogens is 3. The maximum atomic E-state index is 3.81. The van der Waals surface area contributed by atoms with Gasteiger partial charge in [-0.2, -0.15) is 5.20 Å². The molecular formula is C22H25Cl3SiTi. The van der Waals surface area contributed by atoms with Gasteiger partial charge in [0.1, 0.15) is 0 Å². The van der Waals surface area contributed by atoms with Gasteiger partial charge in [0, 0.05) is 5.41 Å². The molecule has 0 atom stereocenters. The molecule has 0 amide bonds. The second-order valence-corrected chi connectivity index (χ2v) is 12.6. The van der Waals surface area contributed by atoms with Crippen LogP contribution in [0.4, 0.5) is 0 Å². The Kier molecular flexibility index (Phi) is 12.5. The first kappa shape index (κ1) is 28.9. The van der Waals surface area contributed by atoms with Crippen molar-refractivity contribution in [2.45, 2.75) is 38.4 Å². The van der Waals surface area contributed by atoms with Gasteiger partial charge in [0.25, 0.3) is 0 Å². The Balaban J connectivity index is 0. The molecule has 0 radical (unpaired) electrons. The van der Waals surface area contributed by atoms with Crippen molar-refractivity contribution in [3.8, 4) is 0 Å². The molecule has 0 aromatic heterocycles. The summed E-state index contributed by atoms with van der Waals surface area (Å²) in [5.74, 6) is 0. The molecule has 0 fully saturated rings. The Morgan fingerprint density at radius 3 is 1.52 bits per heavy atom. The van der Waals surface area contributed by atoms with Crippen molar-refractivity contribution in [2.24, 2.45) is 0 Å². The molecule has 27 heavy (non-hydrogen) atoms. The molecule has 0 aliphatic heterocycles. The number of benzene rings is 2. The van der Waals surface area contributed by atoms with Gasteiger partial charge in [-0.3, -0.25) is 6.08 Å².